The van der Waals surface area contributed by atoms with E-state index < -0.39 is 0 Å². The van der Waals surface area contributed by atoms with Crippen LogP contribution >= 0.6 is 0 Å². The minimum atomic E-state index is -0.0474. The lowest BCUT2D eigenvalue weighted by Crippen LogP contribution is -2.62. The van der Waals surface area contributed by atoms with Crippen LogP contribution in [0.15, 0.2) is 42.7 Å². The number of nitrogens with zero attached hydrogens (tertiary/aromatic N) is 4. The van der Waals surface area contributed by atoms with Crippen LogP contribution in [-0.4, -0.2) is 54.6 Å². The number of ether oxygens (including phenoxy) is 1. The quantitative estimate of drug-likeness (QED) is 0.850. The van der Waals surface area contributed by atoms with E-state index in [0.29, 0.717) is 5.69 Å². The van der Waals surface area contributed by atoms with Gasteiger partial charge in [-0.15, -0.1) is 0 Å². The zero-order chi connectivity index (χ0) is 18.1. The van der Waals surface area contributed by atoms with E-state index in [1.54, 1.807) is 12.4 Å². The molecule has 1 aromatic heterocycles. The molecule has 3 heterocycles. The third-order valence-electron chi connectivity index (χ3n) is 5.56. The maximum atomic E-state index is 13.1. The van der Waals surface area contributed by atoms with Gasteiger partial charge in [-0.2, -0.15) is 0 Å². The van der Waals surface area contributed by atoms with E-state index in [2.05, 4.69) is 22.1 Å². The number of benzene rings is 1. The Morgan fingerprint density at radius 1 is 1.15 bits per heavy atom. The van der Waals surface area contributed by atoms with Gasteiger partial charge in [0.2, 0.25) is 0 Å². The summed E-state index contributed by atoms with van der Waals surface area (Å²) in [5.41, 5.74) is 1.71. The monoisotopic (exact) mass is 352 g/mol. The molecule has 0 bridgehead atoms. The lowest BCUT2D eigenvalue weighted by Gasteiger charge is -2.59. The van der Waals surface area contributed by atoms with Gasteiger partial charge in [-0.3, -0.25) is 4.79 Å². The zero-order valence-corrected chi connectivity index (χ0v) is 15.3. The third kappa shape index (κ3) is 2.84. The number of carbonyl (C=O) groups is 1. The van der Waals surface area contributed by atoms with Crippen LogP contribution < -0.4 is 4.90 Å². The van der Waals surface area contributed by atoms with E-state index in [0.717, 1.165) is 38.4 Å². The average molecular weight is 352 g/mol. The fourth-order valence-corrected chi connectivity index (χ4v) is 4.11. The number of hydrogen-bond acceptors (Lipinski definition) is 5. The van der Waals surface area contributed by atoms with Crippen LogP contribution in [0.1, 0.15) is 34.9 Å². The molecule has 26 heavy (non-hydrogen) atoms. The van der Waals surface area contributed by atoms with Crippen molar-refractivity contribution >= 4 is 11.7 Å². The second-order valence-corrected chi connectivity index (χ2v) is 7.38. The molecule has 1 aromatic carbocycles. The lowest BCUT2D eigenvalue weighted by molar-refractivity contribution is -0.115. The van der Waals surface area contributed by atoms with Crippen molar-refractivity contribution in [3.63, 3.8) is 0 Å². The SMILES string of the molecule is CN(C)c1cnc(C(=O)N2CC3(CCOCC3)[C@@H]2c2ccccc2)cn1. The molecule has 1 atom stereocenters. The van der Waals surface area contributed by atoms with E-state index in [9.17, 15) is 4.79 Å². The molecule has 6 heteroatoms. The van der Waals surface area contributed by atoms with E-state index in [1.807, 2.05) is 42.1 Å². The van der Waals surface area contributed by atoms with Crippen LogP contribution in [0.5, 0.6) is 0 Å². The van der Waals surface area contributed by atoms with Gasteiger partial charge in [0.25, 0.3) is 5.91 Å². The number of carbonyl (C=O) groups excluding carboxylic acids is 1. The largest absolute Gasteiger partial charge is 0.381 e. The van der Waals surface area contributed by atoms with Crippen LogP contribution in [-0.2, 0) is 4.74 Å². The molecule has 136 valence electrons. The standard InChI is InChI=1S/C20H24N4O2/c1-23(2)17-13-21-16(12-22-17)19(25)24-14-20(8-10-26-11-9-20)18(24)15-6-4-3-5-7-15/h3-7,12-13,18H,8-11,14H2,1-2H3/t18-/m0/s1. The van der Waals surface area contributed by atoms with Gasteiger partial charge in [-0.1, -0.05) is 30.3 Å². The predicted molar refractivity (Wildman–Crippen MR) is 99.1 cm³/mol. The topological polar surface area (TPSA) is 58.6 Å². The number of anilines is 1. The summed E-state index contributed by atoms with van der Waals surface area (Å²) < 4.78 is 5.57. The zero-order valence-electron chi connectivity index (χ0n) is 15.3. The first-order valence-corrected chi connectivity index (χ1v) is 9.04. The molecule has 2 aliphatic heterocycles. The Morgan fingerprint density at radius 3 is 2.50 bits per heavy atom. The number of hydrogen-bond donors (Lipinski definition) is 0. The summed E-state index contributed by atoms with van der Waals surface area (Å²) in [4.78, 5) is 25.6. The van der Waals surface area contributed by atoms with E-state index in [-0.39, 0.29) is 17.4 Å². The summed E-state index contributed by atoms with van der Waals surface area (Å²) in [6, 6.07) is 10.4. The van der Waals surface area contributed by atoms with Gasteiger partial charge >= 0.3 is 0 Å². The van der Waals surface area contributed by atoms with Crippen LogP contribution in [0.3, 0.4) is 0 Å². The molecule has 1 spiro atoms. The molecule has 0 N–H and O–H groups in total. The van der Waals surface area contributed by atoms with Crippen LogP contribution in [0.4, 0.5) is 5.82 Å². The summed E-state index contributed by atoms with van der Waals surface area (Å²) in [6.07, 6.45) is 5.20. The lowest BCUT2D eigenvalue weighted by atomic mass is 9.64. The molecule has 1 amide bonds. The first-order valence-electron chi connectivity index (χ1n) is 9.04. The first-order chi connectivity index (χ1) is 12.6. The number of rotatable bonds is 3. The third-order valence-corrected chi connectivity index (χ3v) is 5.56. The maximum Gasteiger partial charge on any atom is 0.274 e. The highest BCUT2D eigenvalue weighted by Gasteiger charge is 2.55. The van der Waals surface area contributed by atoms with Crippen molar-refractivity contribution in [2.45, 2.75) is 18.9 Å². The number of amides is 1. The highest BCUT2D eigenvalue weighted by molar-refractivity contribution is 5.93. The molecule has 0 aliphatic carbocycles. The Morgan fingerprint density at radius 2 is 1.88 bits per heavy atom. The van der Waals surface area contributed by atoms with E-state index >= 15 is 0 Å². The molecular formula is C20H24N4O2. The maximum absolute atomic E-state index is 13.1. The minimum Gasteiger partial charge on any atom is -0.381 e. The molecule has 2 saturated heterocycles. The Labute approximate surface area is 153 Å². The molecular weight excluding hydrogens is 328 g/mol. The first kappa shape index (κ1) is 17.0. The highest BCUT2D eigenvalue weighted by atomic mass is 16.5. The fraction of sp³-hybridized carbons (Fsp3) is 0.450. The second-order valence-electron chi connectivity index (χ2n) is 7.38. The predicted octanol–water partition coefficient (Wildman–Crippen LogP) is 2.54. The summed E-state index contributed by atoms with van der Waals surface area (Å²) >= 11 is 0. The Bertz CT molecular complexity index is 770. The Hall–Kier alpha value is -2.47. The van der Waals surface area contributed by atoms with E-state index in [4.69, 9.17) is 4.74 Å². The van der Waals surface area contributed by atoms with Gasteiger partial charge in [-0.05, 0) is 18.4 Å². The normalized spacial score (nSPS) is 21.3. The average Bonchev–Trinajstić information content (AvgIpc) is 2.67. The van der Waals surface area contributed by atoms with Gasteiger partial charge in [0.1, 0.15) is 11.5 Å². The van der Waals surface area contributed by atoms with Crippen molar-refractivity contribution in [1.82, 2.24) is 14.9 Å². The Balaban J connectivity index is 1.61. The van der Waals surface area contributed by atoms with Gasteiger partial charge in [0, 0.05) is 39.3 Å². The van der Waals surface area contributed by atoms with Gasteiger partial charge in [-0.25, -0.2) is 9.97 Å². The van der Waals surface area contributed by atoms with E-state index in [1.165, 1.54) is 5.56 Å². The molecule has 0 unspecified atom stereocenters. The smallest absolute Gasteiger partial charge is 0.274 e. The van der Waals surface area contributed by atoms with Crippen molar-refractivity contribution in [2.24, 2.45) is 5.41 Å². The molecule has 2 aromatic rings. The van der Waals surface area contributed by atoms with Crippen LogP contribution in [0, 0.1) is 5.41 Å². The van der Waals surface area contributed by atoms with Gasteiger partial charge in [0.05, 0.1) is 18.4 Å². The molecule has 6 nitrogen and oxygen atoms in total. The molecule has 0 radical (unpaired) electrons. The Kier molecular flexibility index (Phi) is 4.36. The summed E-state index contributed by atoms with van der Waals surface area (Å²) in [5.74, 6) is 0.694. The highest BCUT2D eigenvalue weighted by Crippen LogP contribution is 2.54. The molecule has 0 saturated carbocycles. The van der Waals surface area contributed by atoms with Crippen molar-refractivity contribution in [1.29, 1.82) is 0 Å². The van der Waals surface area contributed by atoms with Gasteiger partial charge < -0.3 is 14.5 Å². The number of likely N-dealkylation sites (tertiary alicyclic amines) is 1. The number of aromatic nitrogens is 2. The van der Waals surface area contributed by atoms with Crippen LogP contribution in [0.2, 0.25) is 0 Å². The van der Waals surface area contributed by atoms with Crippen molar-refractivity contribution in [2.75, 3.05) is 38.8 Å². The second kappa shape index (κ2) is 6.68. The fourth-order valence-electron chi connectivity index (χ4n) is 4.11. The molecule has 2 fully saturated rings. The molecule has 2 aliphatic rings. The minimum absolute atomic E-state index is 0.0474. The summed E-state index contributed by atoms with van der Waals surface area (Å²) in [7, 11) is 3.81. The van der Waals surface area contributed by atoms with Crippen molar-refractivity contribution in [3.05, 3.63) is 54.0 Å². The summed E-state index contributed by atoms with van der Waals surface area (Å²) in [5, 5.41) is 0. The van der Waals surface area contributed by atoms with Crippen molar-refractivity contribution in [3.8, 4) is 0 Å². The van der Waals surface area contributed by atoms with Gasteiger partial charge in [0.15, 0.2) is 0 Å². The molecule has 4 rings (SSSR count). The van der Waals surface area contributed by atoms with Crippen LogP contribution in [0.25, 0.3) is 0 Å². The van der Waals surface area contributed by atoms with Crippen molar-refractivity contribution < 1.29 is 9.53 Å². The summed E-state index contributed by atoms with van der Waals surface area (Å²) in [6.45, 7) is 2.29.